The lowest BCUT2D eigenvalue weighted by molar-refractivity contribution is -0.348. The normalized spacial score (nSPS) is 11.4. The zero-order valence-corrected chi connectivity index (χ0v) is 9.73. The fourth-order valence-corrected chi connectivity index (χ4v) is 1.39. The summed E-state index contributed by atoms with van der Waals surface area (Å²) in [6.07, 6.45) is 0.0144. The van der Waals surface area contributed by atoms with Crippen LogP contribution in [0.15, 0.2) is 30.3 Å². The van der Waals surface area contributed by atoms with E-state index < -0.39 is 5.97 Å². The van der Waals surface area contributed by atoms with Crippen LogP contribution in [0, 0.1) is 0 Å². The molecule has 0 N–H and O–H groups in total. The molecule has 1 aromatic rings. The first-order valence-corrected chi connectivity index (χ1v) is 4.91. The number of benzene rings is 1. The number of hydrogen-bond acceptors (Lipinski definition) is 4. The van der Waals surface area contributed by atoms with Crippen LogP contribution in [0.4, 0.5) is 0 Å². The number of carbonyl (C=O) groups excluding carboxylic acids is 1. The summed E-state index contributed by atoms with van der Waals surface area (Å²) in [5.41, 5.74) is 0.609. The highest BCUT2D eigenvalue weighted by atomic mass is 16.9. The van der Waals surface area contributed by atoms with Gasteiger partial charge in [0, 0.05) is 26.9 Å². The van der Waals surface area contributed by atoms with Crippen molar-refractivity contribution in [2.45, 2.75) is 12.4 Å². The Kier molecular flexibility index (Phi) is 4.61. The quantitative estimate of drug-likeness (QED) is 0.546. The van der Waals surface area contributed by atoms with E-state index in [0.717, 1.165) is 0 Å². The standard InChI is InChI=1S/C12H16O4/c1-14-12(15-2,16-3)9-11(13)10-7-5-4-6-8-10/h4-8H,9H2,1-3H3. The van der Waals surface area contributed by atoms with E-state index in [4.69, 9.17) is 14.2 Å². The predicted molar refractivity (Wildman–Crippen MR) is 59.1 cm³/mol. The zero-order valence-electron chi connectivity index (χ0n) is 9.73. The maximum absolute atomic E-state index is 11.9. The fourth-order valence-electron chi connectivity index (χ4n) is 1.39. The summed E-state index contributed by atoms with van der Waals surface area (Å²) >= 11 is 0. The second kappa shape index (κ2) is 5.75. The summed E-state index contributed by atoms with van der Waals surface area (Å²) in [6.45, 7) is 0. The van der Waals surface area contributed by atoms with Gasteiger partial charge >= 0.3 is 0 Å². The highest BCUT2D eigenvalue weighted by Gasteiger charge is 2.33. The van der Waals surface area contributed by atoms with Crippen molar-refractivity contribution in [2.24, 2.45) is 0 Å². The molecule has 1 rings (SSSR count). The Morgan fingerprint density at radius 3 is 2.00 bits per heavy atom. The molecule has 0 unspecified atom stereocenters. The van der Waals surface area contributed by atoms with Gasteiger partial charge in [0.25, 0.3) is 5.97 Å². The molecule has 0 radical (unpaired) electrons. The Bertz CT molecular complexity index is 322. The third kappa shape index (κ3) is 2.88. The van der Waals surface area contributed by atoms with Crippen molar-refractivity contribution in [3.63, 3.8) is 0 Å². The van der Waals surface area contributed by atoms with E-state index in [-0.39, 0.29) is 12.2 Å². The first-order chi connectivity index (χ1) is 7.67. The summed E-state index contributed by atoms with van der Waals surface area (Å²) in [5.74, 6) is -1.39. The van der Waals surface area contributed by atoms with Crippen LogP contribution in [-0.4, -0.2) is 33.1 Å². The van der Waals surface area contributed by atoms with E-state index >= 15 is 0 Å². The molecule has 16 heavy (non-hydrogen) atoms. The van der Waals surface area contributed by atoms with Crippen molar-refractivity contribution in [2.75, 3.05) is 21.3 Å². The summed E-state index contributed by atoms with van der Waals surface area (Å²) in [4.78, 5) is 11.9. The topological polar surface area (TPSA) is 44.8 Å². The van der Waals surface area contributed by atoms with Gasteiger partial charge in [-0.2, -0.15) is 0 Å². The maximum atomic E-state index is 11.9. The van der Waals surface area contributed by atoms with Gasteiger partial charge < -0.3 is 14.2 Å². The van der Waals surface area contributed by atoms with E-state index in [9.17, 15) is 4.79 Å². The van der Waals surface area contributed by atoms with Crippen LogP contribution in [0.1, 0.15) is 16.8 Å². The minimum absolute atomic E-state index is 0.0144. The number of methoxy groups -OCH3 is 3. The van der Waals surface area contributed by atoms with Gasteiger partial charge in [-0.15, -0.1) is 0 Å². The molecule has 1 aromatic carbocycles. The predicted octanol–water partition coefficient (Wildman–Crippen LogP) is 1.85. The second-order valence-electron chi connectivity index (χ2n) is 3.26. The molecule has 0 aliphatic rings. The summed E-state index contributed by atoms with van der Waals surface area (Å²) in [5, 5.41) is 0. The van der Waals surface area contributed by atoms with Gasteiger partial charge in [0.15, 0.2) is 5.78 Å². The molecule has 0 spiro atoms. The number of Topliss-reactive ketones (excluding diaryl/α,β-unsaturated/α-hetero) is 1. The fraction of sp³-hybridized carbons (Fsp3) is 0.417. The summed E-state index contributed by atoms with van der Waals surface area (Å²) in [7, 11) is 4.31. The maximum Gasteiger partial charge on any atom is 0.289 e. The Hall–Kier alpha value is -1.23. The molecule has 0 heterocycles. The molecule has 4 heteroatoms. The van der Waals surface area contributed by atoms with Crippen LogP contribution < -0.4 is 0 Å². The van der Waals surface area contributed by atoms with Crippen molar-refractivity contribution in [3.05, 3.63) is 35.9 Å². The molecule has 0 aliphatic carbocycles. The van der Waals surface area contributed by atoms with Crippen molar-refractivity contribution in [1.29, 1.82) is 0 Å². The zero-order chi connectivity index (χ0) is 12.0. The Balaban J connectivity index is 2.77. The third-order valence-corrected chi connectivity index (χ3v) is 2.41. The van der Waals surface area contributed by atoms with Crippen LogP contribution >= 0.6 is 0 Å². The number of carbonyl (C=O) groups is 1. The van der Waals surface area contributed by atoms with Gasteiger partial charge in [-0.25, -0.2) is 0 Å². The lowest BCUT2D eigenvalue weighted by atomic mass is 10.1. The van der Waals surface area contributed by atoms with Gasteiger partial charge in [0.05, 0.1) is 6.42 Å². The number of rotatable bonds is 6. The molecule has 0 atom stereocenters. The van der Waals surface area contributed by atoms with Crippen molar-refractivity contribution in [3.8, 4) is 0 Å². The van der Waals surface area contributed by atoms with Crippen LogP contribution in [-0.2, 0) is 14.2 Å². The second-order valence-corrected chi connectivity index (χ2v) is 3.26. The van der Waals surface area contributed by atoms with Gasteiger partial charge in [-0.3, -0.25) is 4.79 Å². The van der Waals surface area contributed by atoms with E-state index in [1.165, 1.54) is 21.3 Å². The molecule has 0 bridgehead atoms. The average molecular weight is 224 g/mol. The van der Waals surface area contributed by atoms with E-state index in [1.807, 2.05) is 6.07 Å². The molecule has 0 aliphatic heterocycles. The summed E-state index contributed by atoms with van der Waals surface area (Å²) < 4.78 is 15.2. The minimum atomic E-state index is -1.30. The first-order valence-electron chi connectivity index (χ1n) is 4.91. The van der Waals surface area contributed by atoms with Crippen LogP contribution in [0.25, 0.3) is 0 Å². The molecule has 0 saturated carbocycles. The summed E-state index contributed by atoms with van der Waals surface area (Å²) in [6, 6.07) is 8.96. The molecule has 4 nitrogen and oxygen atoms in total. The smallest absolute Gasteiger partial charge is 0.289 e. The number of hydrogen-bond donors (Lipinski definition) is 0. The van der Waals surface area contributed by atoms with E-state index in [1.54, 1.807) is 24.3 Å². The third-order valence-electron chi connectivity index (χ3n) is 2.41. The number of ether oxygens (including phenoxy) is 3. The Morgan fingerprint density at radius 1 is 1.06 bits per heavy atom. The Labute approximate surface area is 95.1 Å². The lowest BCUT2D eigenvalue weighted by Crippen LogP contribution is -2.38. The van der Waals surface area contributed by atoms with Gasteiger partial charge in [-0.05, 0) is 0 Å². The van der Waals surface area contributed by atoms with Crippen LogP contribution in [0.5, 0.6) is 0 Å². The molecular weight excluding hydrogens is 208 g/mol. The highest BCUT2D eigenvalue weighted by molar-refractivity contribution is 5.96. The average Bonchev–Trinajstić information content (AvgIpc) is 2.37. The SMILES string of the molecule is COC(CC(=O)c1ccccc1)(OC)OC. The first kappa shape index (κ1) is 12.8. The molecule has 88 valence electrons. The van der Waals surface area contributed by atoms with Crippen molar-refractivity contribution >= 4 is 5.78 Å². The monoisotopic (exact) mass is 224 g/mol. The molecule has 0 aromatic heterocycles. The van der Waals surface area contributed by atoms with Crippen LogP contribution in [0.3, 0.4) is 0 Å². The molecule has 0 amide bonds. The van der Waals surface area contributed by atoms with Gasteiger partial charge in [-0.1, -0.05) is 30.3 Å². The van der Waals surface area contributed by atoms with Crippen molar-refractivity contribution in [1.82, 2.24) is 0 Å². The van der Waals surface area contributed by atoms with Crippen LogP contribution in [0.2, 0.25) is 0 Å². The molecular formula is C12H16O4. The highest BCUT2D eigenvalue weighted by Crippen LogP contribution is 2.19. The minimum Gasteiger partial charge on any atom is -0.330 e. The molecule has 0 fully saturated rings. The number of ketones is 1. The largest absolute Gasteiger partial charge is 0.330 e. The van der Waals surface area contributed by atoms with E-state index in [0.29, 0.717) is 5.56 Å². The van der Waals surface area contributed by atoms with Gasteiger partial charge in [0.2, 0.25) is 0 Å². The Morgan fingerprint density at radius 2 is 1.56 bits per heavy atom. The van der Waals surface area contributed by atoms with Crippen molar-refractivity contribution < 1.29 is 19.0 Å². The molecule has 0 saturated heterocycles. The lowest BCUT2D eigenvalue weighted by Gasteiger charge is -2.27. The van der Waals surface area contributed by atoms with Gasteiger partial charge in [0.1, 0.15) is 0 Å². The van der Waals surface area contributed by atoms with E-state index in [2.05, 4.69) is 0 Å².